The zero-order chi connectivity index (χ0) is 13.2. The number of hydrogen-bond acceptors (Lipinski definition) is 3. The summed E-state index contributed by atoms with van der Waals surface area (Å²) in [5.74, 6) is 0.195. The van der Waals surface area contributed by atoms with Crippen LogP contribution in [-0.2, 0) is 11.3 Å². The second-order valence-electron chi connectivity index (χ2n) is 4.94. The zero-order valence-electron chi connectivity index (χ0n) is 10.5. The Hall–Kier alpha value is -0.810. The van der Waals surface area contributed by atoms with E-state index in [9.17, 15) is 9.90 Å². The lowest BCUT2D eigenvalue weighted by atomic mass is 9.77. The highest BCUT2D eigenvalue weighted by Crippen LogP contribution is 2.34. The van der Waals surface area contributed by atoms with E-state index in [-0.39, 0.29) is 0 Å². The average molecular weight is 316 g/mol. The van der Waals surface area contributed by atoms with Crippen molar-refractivity contribution in [1.82, 2.24) is 4.90 Å². The van der Waals surface area contributed by atoms with Gasteiger partial charge in [-0.1, -0.05) is 6.92 Å². The third-order valence-corrected chi connectivity index (χ3v) is 4.55. The van der Waals surface area contributed by atoms with E-state index in [0.717, 1.165) is 29.6 Å². The monoisotopic (exact) mass is 315 g/mol. The van der Waals surface area contributed by atoms with Gasteiger partial charge in [-0.25, -0.2) is 0 Å². The van der Waals surface area contributed by atoms with Gasteiger partial charge in [-0.05, 0) is 47.8 Å². The molecule has 18 heavy (non-hydrogen) atoms. The van der Waals surface area contributed by atoms with Crippen LogP contribution in [0.1, 0.15) is 31.9 Å². The molecule has 1 fully saturated rings. The Labute approximate surface area is 115 Å². The normalized spacial score (nSPS) is 25.2. The van der Waals surface area contributed by atoms with Crippen molar-refractivity contribution in [2.75, 3.05) is 13.1 Å². The third-order valence-electron chi connectivity index (χ3n) is 3.84. The molecule has 1 aromatic rings. The van der Waals surface area contributed by atoms with Crippen LogP contribution in [0.3, 0.4) is 0 Å². The first-order chi connectivity index (χ1) is 8.57. The SMILES string of the molecule is CCC1(C(=O)O)CCCN(Cc2occc2Br)C1. The van der Waals surface area contributed by atoms with Gasteiger partial charge < -0.3 is 9.52 Å². The lowest BCUT2D eigenvalue weighted by molar-refractivity contribution is -0.153. The lowest BCUT2D eigenvalue weighted by Gasteiger charge is -2.39. The van der Waals surface area contributed by atoms with Crippen molar-refractivity contribution in [3.63, 3.8) is 0 Å². The molecule has 0 aromatic carbocycles. The van der Waals surface area contributed by atoms with Crippen molar-refractivity contribution < 1.29 is 14.3 Å². The van der Waals surface area contributed by atoms with E-state index in [0.29, 0.717) is 19.5 Å². The smallest absolute Gasteiger partial charge is 0.310 e. The number of hydrogen-bond donors (Lipinski definition) is 1. The van der Waals surface area contributed by atoms with Gasteiger partial charge in [0.1, 0.15) is 5.76 Å². The van der Waals surface area contributed by atoms with Gasteiger partial charge >= 0.3 is 5.97 Å². The molecule has 2 heterocycles. The van der Waals surface area contributed by atoms with Gasteiger partial charge in [0, 0.05) is 6.54 Å². The summed E-state index contributed by atoms with van der Waals surface area (Å²) >= 11 is 3.43. The highest BCUT2D eigenvalue weighted by Gasteiger charge is 2.40. The first kappa shape index (κ1) is 13.6. The van der Waals surface area contributed by atoms with Gasteiger partial charge in [0.15, 0.2) is 0 Å². The maximum absolute atomic E-state index is 11.5. The number of aliphatic carboxylic acids is 1. The van der Waals surface area contributed by atoms with Crippen molar-refractivity contribution >= 4 is 21.9 Å². The number of carboxylic acid groups (broad SMARTS) is 1. The van der Waals surface area contributed by atoms with Gasteiger partial charge in [0.2, 0.25) is 0 Å². The summed E-state index contributed by atoms with van der Waals surface area (Å²) in [6.07, 6.45) is 4.03. The summed E-state index contributed by atoms with van der Waals surface area (Å²) in [7, 11) is 0. The van der Waals surface area contributed by atoms with Crippen LogP contribution >= 0.6 is 15.9 Å². The number of carboxylic acids is 1. The van der Waals surface area contributed by atoms with Gasteiger partial charge in [-0.15, -0.1) is 0 Å². The second kappa shape index (κ2) is 5.45. The summed E-state index contributed by atoms with van der Waals surface area (Å²) in [6, 6.07) is 1.86. The number of nitrogens with zero attached hydrogens (tertiary/aromatic N) is 1. The van der Waals surface area contributed by atoms with Gasteiger partial charge in [0.25, 0.3) is 0 Å². The summed E-state index contributed by atoms with van der Waals surface area (Å²) < 4.78 is 6.34. The Morgan fingerprint density at radius 2 is 2.44 bits per heavy atom. The van der Waals surface area contributed by atoms with Crippen LogP contribution in [0.15, 0.2) is 21.2 Å². The molecule has 100 valence electrons. The van der Waals surface area contributed by atoms with Crippen molar-refractivity contribution in [2.24, 2.45) is 5.41 Å². The summed E-state index contributed by atoms with van der Waals surface area (Å²) in [4.78, 5) is 13.6. The standard InChI is InChI=1S/C13H18BrNO3/c1-2-13(12(16)17)5-3-6-15(9-13)8-11-10(14)4-7-18-11/h4,7H,2-3,5-6,8-9H2,1H3,(H,16,17). The molecule has 0 bridgehead atoms. The first-order valence-corrected chi connectivity index (χ1v) is 7.04. The average Bonchev–Trinajstić information content (AvgIpc) is 2.75. The molecule has 1 N–H and O–H groups in total. The molecular formula is C13H18BrNO3. The summed E-state index contributed by atoms with van der Waals surface area (Å²) in [5, 5.41) is 9.43. The predicted molar refractivity (Wildman–Crippen MR) is 71.3 cm³/mol. The largest absolute Gasteiger partial charge is 0.481 e. The molecule has 4 nitrogen and oxygen atoms in total. The topological polar surface area (TPSA) is 53.7 Å². The van der Waals surface area contributed by atoms with Gasteiger partial charge in [-0.3, -0.25) is 9.69 Å². The third kappa shape index (κ3) is 2.62. The van der Waals surface area contributed by atoms with Crippen LogP contribution < -0.4 is 0 Å². The van der Waals surface area contributed by atoms with Gasteiger partial charge in [0.05, 0.1) is 22.7 Å². The molecule has 2 rings (SSSR count). The van der Waals surface area contributed by atoms with E-state index in [1.807, 2.05) is 13.0 Å². The molecule has 0 radical (unpaired) electrons. The number of likely N-dealkylation sites (tertiary alicyclic amines) is 1. The molecule has 0 aliphatic carbocycles. The zero-order valence-corrected chi connectivity index (χ0v) is 12.1. The minimum Gasteiger partial charge on any atom is -0.481 e. The number of halogens is 1. The molecule has 0 saturated carbocycles. The van der Waals surface area contributed by atoms with Crippen molar-refractivity contribution in [2.45, 2.75) is 32.7 Å². The Kier molecular flexibility index (Phi) is 4.12. The summed E-state index contributed by atoms with van der Waals surface area (Å²) in [5.41, 5.74) is -0.586. The molecule has 1 aliphatic heterocycles. The van der Waals surface area contributed by atoms with E-state index in [2.05, 4.69) is 20.8 Å². The molecule has 1 unspecified atom stereocenters. The highest BCUT2D eigenvalue weighted by atomic mass is 79.9. The molecule has 1 saturated heterocycles. The van der Waals surface area contributed by atoms with Crippen LogP contribution in [0.5, 0.6) is 0 Å². The molecule has 5 heteroatoms. The fourth-order valence-electron chi connectivity index (χ4n) is 2.62. The van der Waals surface area contributed by atoms with Crippen molar-refractivity contribution in [3.05, 3.63) is 22.6 Å². The van der Waals surface area contributed by atoms with E-state index in [1.165, 1.54) is 0 Å². The Bertz CT molecular complexity index is 432. The van der Waals surface area contributed by atoms with Crippen LogP contribution in [-0.4, -0.2) is 29.1 Å². The minimum absolute atomic E-state index is 0.586. The molecule has 1 aromatic heterocycles. The molecule has 1 aliphatic rings. The number of furan rings is 1. The maximum Gasteiger partial charge on any atom is 0.310 e. The Morgan fingerprint density at radius 3 is 3.00 bits per heavy atom. The first-order valence-electron chi connectivity index (χ1n) is 6.25. The Morgan fingerprint density at radius 1 is 1.67 bits per heavy atom. The highest BCUT2D eigenvalue weighted by molar-refractivity contribution is 9.10. The maximum atomic E-state index is 11.5. The molecule has 1 atom stereocenters. The van der Waals surface area contributed by atoms with Gasteiger partial charge in [-0.2, -0.15) is 0 Å². The molecular weight excluding hydrogens is 298 g/mol. The number of carbonyl (C=O) groups is 1. The number of rotatable bonds is 4. The molecule has 0 spiro atoms. The van der Waals surface area contributed by atoms with Crippen LogP contribution in [0.4, 0.5) is 0 Å². The fraction of sp³-hybridized carbons (Fsp3) is 0.615. The van der Waals surface area contributed by atoms with E-state index >= 15 is 0 Å². The van der Waals surface area contributed by atoms with E-state index in [4.69, 9.17) is 4.42 Å². The second-order valence-corrected chi connectivity index (χ2v) is 5.80. The van der Waals surface area contributed by atoms with E-state index < -0.39 is 11.4 Å². The van der Waals surface area contributed by atoms with Crippen molar-refractivity contribution in [1.29, 1.82) is 0 Å². The number of piperidine rings is 1. The summed E-state index contributed by atoms with van der Waals surface area (Å²) in [6.45, 7) is 4.16. The minimum atomic E-state index is -0.673. The molecule has 0 amide bonds. The van der Waals surface area contributed by atoms with E-state index in [1.54, 1.807) is 6.26 Å². The Balaban J connectivity index is 2.07. The van der Waals surface area contributed by atoms with Crippen LogP contribution in [0.25, 0.3) is 0 Å². The predicted octanol–water partition coefficient (Wildman–Crippen LogP) is 3.12. The van der Waals surface area contributed by atoms with Crippen LogP contribution in [0.2, 0.25) is 0 Å². The fourth-order valence-corrected chi connectivity index (χ4v) is 2.94. The van der Waals surface area contributed by atoms with Crippen molar-refractivity contribution in [3.8, 4) is 0 Å². The van der Waals surface area contributed by atoms with Crippen LogP contribution in [0, 0.1) is 5.41 Å². The lowest BCUT2D eigenvalue weighted by Crippen LogP contribution is -2.47. The quantitative estimate of drug-likeness (QED) is 0.927.